The van der Waals surface area contributed by atoms with Gasteiger partial charge in [0.05, 0.1) is 4.90 Å². The highest BCUT2D eigenvalue weighted by atomic mass is 32.2. The largest absolute Gasteiger partial charge is 0.302 e. The van der Waals surface area contributed by atoms with Crippen molar-refractivity contribution in [3.63, 3.8) is 0 Å². The van der Waals surface area contributed by atoms with Crippen molar-refractivity contribution in [3.05, 3.63) is 29.8 Å². The van der Waals surface area contributed by atoms with Crippen LogP contribution >= 0.6 is 0 Å². The molecule has 4 nitrogen and oxygen atoms in total. The van der Waals surface area contributed by atoms with E-state index in [4.69, 9.17) is 0 Å². The number of hydrogen-bond donors (Lipinski definition) is 1. The highest BCUT2D eigenvalue weighted by Gasteiger charge is 2.25. The van der Waals surface area contributed by atoms with Crippen molar-refractivity contribution in [2.24, 2.45) is 0 Å². The quantitative estimate of drug-likeness (QED) is 0.847. The fourth-order valence-corrected chi connectivity index (χ4v) is 2.88. The molecule has 0 bridgehead atoms. The Morgan fingerprint density at radius 3 is 2.44 bits per heavy atom. The van der Waals surface area contributed by atoms with E-state index in [2.05, 4.69) is 9.62 Å². The van der Waals surface area contributed by atoms with Gasteiger partial charge in [-0.3, -0.25) is 0 Å². The van der Waals surface area contributed by atoms with E-state index in [1.165, 1.54) is 12.8 Å². The third-order valence-corrected chi connectivity index (χ3v) is 4.74. The highest BCUT2D eigenvalue weighted by molar-refractivity contribution is 7.89. The molecule has 0 atom stereocenters. The Labute approximate surface area is 109 Å². The molecule has 0 aromatic heterocycles. The van der Waals surface area contributed by atoms with Gasteiger partial charge in [-0.1, -0.05) is 17.7 Å². The fraction of sp³-hybridized carbons (Fsp3) is 0.538. The van der Waals surface area contributed by atoms with Crippen LogP contribution in [-0.2, 0) is 10.0 Å². The maximum atomic E-state index is 12.0. The number of likely N-dealkylation sites (N-methyl/N-ethyl adjacent to an activating group) is 1. The van der Waals surface area contributed by atoms with Gasteiger partial charge in [0, 0.05) is 19.1 Å². The summed E-state index contributed by atoms with van der Waals surface area (Å²) in [5.41, 5.74) is 1.06. The van der Waals surface area contributed by atoms with Crippen LogP contribution < -0.4 is 4.72 Å². The van der Waals surface area contributed by atoms with Crippen molar-refractivity contribution in [2.75, 3.05) is 20.1 Å². The Hall–Kier alpha value is -0.910. The van der Waals surface area contributed by atoms with Crippen LogP contribution in [0.25, 0.3) is 0 Å². The van der Waals surface area contributed by atoms with E-state index in [-0.39, 0.29) is 0 Å². The Bertz CT molecular complexity index is 492. The first-order valence-electron chi connectivity index (χ1n) is 6.25. The number of nitrogens with one attached hydrogen (secondary N) is 1. The van der Waals surface area contributed by atoms with Crippen LogP contribution in [0.2, 0.25) is 0 Å². The monoisotopic (exact) mass is 268 g/mol. The second-order valence-electron chi connectivity index (χ2n) is 4.92. The first kappa shape index (κ1) is 13.5. The number of benzene rings is 1. The second-order valence-corrected chi connectivity index (χ2v) is 6.69. The van der Waals surface area contributed by atoms with E-state index in [1.807, 2.05) is 26.1 Å². The van der Waals surface area contributed by atoms with Gasteiger partial charge >= 0.3 is 0 Å². The van der Waals surface area contributed by atoms with E-state index in [0.717, 1.165) is 12.1 Å². The molecule has 1 fully saturated rings. The predicted molar refractivity (Wildman–Crippen MR) is 72.0 cm³/mol. The molecule has 1 aliphatic rings. The molecule has 5 heteroatoms. The van der Waals surface area contributed by atoms with Crippen LogP contribution in [0.15, 0.2) is 29.2 Å². The zero-order valence-electron chi connectivity index (χ0n) is 10.9. The summed E-state index contributed by atoms with van der Waals surface area (Å²) in [4.78, 5) is 2.54. The molecule has 1 aromatic rings. The topological polar surface area (TPSA) is 49.4 Å². The van der Waals surface area contributed by atoms with Crippen LogP contribution in [0.4, 0.5) is 0 Å². The lowest BCUT2D eigenvalue weighted by Gasteiger charge is -2.15. The van der Waals surface area contributed by atoms with Crippen molar-refractivity contribution in [1.82, 2.24) is 9.62 Å². The summed E-state index contributed by atoms with van der Waals surface area (Å²) >= 11 is 0. The standard InChI is InChI=1S/C13H20N2O2S/c1-11-3-7-13(8-4-11)18(16,17)14-9-10-15(2)12-5-6-12/h3-4,7-8,12,14H,5-6,9-10H2,1-2H3. The van der Waals surface area contributed by atoms with Gasteiger partial charge in [-0.05, 0) is 38.9 Å². The maximum Gasteiger partial charge on any atom is 0.240 e. The predicted octanol–water partition coefficient (Wildman–Crippen LogP) is 1.37. The van der Waals surface area contributed by atoms with Gasteiger partial charge in [0.15, 0.2) is 0 Å². The van der Waals surface area contributed by atoms with Crippen molar-refractivity contribution >= 4 is 10.0 Å². The summed E-state index contributed by atoms with van der Waals surface area (Å²) in [6, 6.07) is 7.56. The van der Waals surface area contributed by atoms with Gasteiger partial charge in [-0.25, -0.2) is 13.1 Å². The van der Waals surface area contributed by atoms with E-state index >= 15 is 0 Å². The highest BCUT2D eigenvalue weighted by Crippen LogP contribution is 2.24. The van der Waals surface area contributed by atoms with Gasteiger partial charge in [0.1, 0.15) is 0 Å². The molecule has 2 rings (SSSR count). The van der Waals surface area contributed by atoms with Gasteiger partial charge in [0.2, 0.25) is 10.0 Å². The minimum absolute atomic E-state index is 0.335. The van der Waals surface area contributed by atoms with Crippen molar-refractivity contribution in [1.29, 1.82) is 0 Å². The van der Waals surface area contributed by atoms with Crippen molar-refractivity contribution < 1.29 is 8.42 Å². The number of sulfonamides is 1. The summed E-state index contributed by atoms with van der Waals surface area (Å²) < 4.78 is 26.6. The average molecular weight is 268 g/mol. The van der Waals surface area contributed by atoms with Crippen LogP contribution in [-0.4, -0.2) is 39.5 Å². The molecule has 100 valence electrons. The molecule has 1 N–H and O–H groups in total. The van der Waals surface area contributed by atoms with Crippen LogP contribution in [0.5, 0.6) is 0 Å². The molecule has 1 aliphatic carbocycles. The third kappa shape index (κ3) is 3.54. The van der Waals surface area contributed by atoms with Gasteiger partial charge in [0.25, 0.3) is 0 Å². The average Bonchev–Trinajstić information content (AvgIpc) is 3.13. The third-order valence-electron chi connectivity index (χ3n) is 3.26. The minimum atomic E-state index is -3.35. The molecule has 1 aromatic carbocycles. The lowest BCUT2D eigenvalue weighted by atomic mass is 10.2. The zero-order chi connectivity index (χ0) is 13.2. The van der Waals surface area contributed by atoms with Crippen LogP contribution in [0.1, 0.15) is 18.4 Å². The van der Waals surface area contributed by atoms with Crippen molar-refractivity contribution in [3.8, 4) is 0 Å². The maximum absolute atomic E-state index is 12.0. The number of nitrogens with zero attached hydrogens (tertiary/aromatic N) is 1. The van der Waals surface area contributed by atoms with E-state index in [1.54, 1.807) is 12.1 Å². The van der Waals surface area contributed by atoms with Gasteiger partial charge < -0.3 is 4.90 Å². The molecule has 0 spiro atoms. The smallest absolute Gasteiger partial charge is 0.240 e. The summed E-state index contributed by atoms with van der Waals surface area (Å²) in [7, 11) is -1.32. The molecule has 0 heterocycles. The second kappa shape index (κ2) is 5.38. The first-order chi connectivity index (χ1) is 8.49. The van der Waals surface area contributed by atoms with E-state index in [0.29, 0.717) is 17.5 Å². The van der Waals surface area contributed by atoms with Gasteiger partial charge in [-0.2, -0.15) is 0 Å². The normalized spacial score (nSPS) is 16.2. The molecule has 0 aliphatic heterocycles. The number of hydrogen-bond acceptors (Lipinski definition) is 3. The molecule has 0 amide bonds. The lowest BCUT2D eigenvalue weighted by molar-refractivity contribution is 0.329. The molecule has 1 saturated carbocycles. The van der Waals surface area contributed by atoms with Gasteiger partial charge in [-0.15, -0.1) is 0 Å². The molecular weight excluding hydrogens is 248 g/mol. The Kier molecular flexibility index (Phi) is 4.04. The summed E-state index contributed by atoms with van der Waals surface area (Å²) in [6.07, 6.45) is 2.47. The van der Waals surface area contributed by atoms with Crippen molar-refractivity contribution in [2.45, 2.75) is 30.7 Å². The summed E-state index contributed by atoms with van der Waals surface area (Å²) in [5.74, 6) is 0. The molecular formula is C13H20N2O2S. The van der Waals surface area contributed by atoms with E-state index in [9.17, 15) is 8.42 Å². The molecule has 18 heavy (non-hydrogen) atoms. The summed E-state index contributed by atoms with van der Waals surface area (Å²) in [6.45, 7) is 3.16. The minimum Gasteiger partial charge on any atom is -0.302 e. The number of aryl methyl sites for hydroxylation is 1. The van der Waals surface area contributed by atoms with Crippen LogP contribution in [0.3, 0.4) is 0 Å². The van der Waals surface area contributed by atoms with Crippen LogP contribution in [0, 0.1) is 6.92 Å². The first-order valence-corrected chi connectivity index (χ1v) is 7.74. The van der Waals surface area contributed by atoms with E-state index < -0.39 is 10.0 Å². The Morgan fingerprint density at radius 1 is 1.28 bits per heavy atom. The lowest BCUT2D eigenvalue weighted by Crippen LogP contribution is -2.33. The molecule has 0 unspecified atom stereocenters. The number of rotatable bonds is 6. The molecule has 0 saturated heterocycles. The zero-order valence-corrected chi connectivity index (χ0v) is 11.7. The molecule has 0 radical (unpaired) electrons. The fourth-order valence-electron chi connectivity index (χ4n) is 1.85. The Balaban J connectivity index is 1.88. The SMILES string of the molecule is Cc1ccc(S(=O)(=O)NCCN(C)C2CC2)cc1. The summed E-state index contributed by atoms with van der Waals surface area (Å²) in [5, 5.41) is 0. The Morgan fingerprint density at radius 2 is 1.89 bits per heavy atom.